The molecule has 0 saturated heterocycles. The van der Waals surface area contributed by atoms with E-state index < -0.39 is 5.97 Å². The first-order valence-corrected chi connectivity index (χ1v) is 5.04. The summed E-state index contributed by atoms with van der Waals surface area (Å²) >= 11 is 0. The second-order valence-corrected chi connectivity index (χ2v) is 3.34. The number of anilines is 1. The monoisotopic (exact) mass is 216 g/mol. The van der Waals surface area contributed by atoms with Crippen LogP contribution in [0.25, 0.3) is 10.8 Å². The Hall–Kier alpha value is -2.10. The molecule has 0 aliphatic heterocycles. The maximum atomic E-state index is 11.7. The quantitative estimate of drug-likeness (QED) is 0.780. The fourth-order valence-electron chi connectivity index (χ4n) is 1.57. The van der Waals surface area contributed by atoms with Gasteiger partial charge in [0.05, 0.1) is 6.61 Å². The summed E-state index contributed by atoms with van der Waals surface area (Å²) in [6.45, 7) is 2.08. The maximum absolute atomic E-state index is 11.7. The third-order valence-corrected chi connectivity index (χ3v) is 2.23. The molecule has 0 bridgehead atoms. The number of fused-ring (bicyclic) bond motifs is 1. The number of esters is 1. The second kappa shape index (κ2) is 4.18. The number of nitrogen functional groups attached to an aromatic ring is 1. The van der Waals surface area contributed by atoms with Crippen molar-refractivity contribution in [3.63, 3.8) is 0 Å². The largest absolute Gasteiger partial charge is 0.461 e. The highest BCUT2D eigenvalue weighted by Gasteiger charge is 2.13. The Kier molecular flexibility index (Phi) is 2.72. The summed E-state index contributed by atoms with van der Waals surface area (Å²) in [7, 11) is 0. The Morgan fingerprint density at radius 1 is 1.44 bits per heavy atom. The Bertz CT molecular complexity index is 538. The average molecular weight is 216 g/mol. The van der Waals surface area contributed by atoms with Crippen molar-refractivity contribution in [2.75, 3.05) is 12.3 Å². The molecule has 2 N–H and O–H groups in total. The Labute approximate surface area is 93.0 Å². The Morgan fingerprint density at radius 3 is 2.94 bits per heavy atom. The van der Waals surface area contributed by atoms with Crippen LogP contribution in [0.15, 0.2) is 30.3 Å². The van der Waals surface area contributed by atoms with E-state index in [1.54, 1.807) is 13.0 Å². The number of benzene rings is 1. The van der Waals surface area contributed by atoms with Crippen LogP contribution < -0.4 is 5.73 Å². The van der Waals surface area contributed by atoms with Gasteiger partial charge in [0.15, 0.2) is 5.69 Å². The van der Waals surface area contributed by atoms with Crippen LogP contribution in [0, 0.1) is 0 Å². The van der Waals surface area contributed by atoms with Gasteiger partial charge in [-0.25, -0.2) is 9.78 Å². The second-order valence-electron chi connectivity index (χ2n) is 3.34. The number of carbonyl (C=O) groups excluding carboxylic acids is 1. The highest BCUT2D eigenvalue weighted by molar-refractivity contribution is 6.03. The molecule has 0 aliphatic rings. The molecule has 82 valence electrons. The molecule has 1 aromatic heterocycles. The van der Waals surface area contributed by atoms with Gasteiger partial charge in [-0.3, -0.25) is 0 Å². The molecule has 16 heavy (non-hydrogen) atoms. The molecule has 1 aromatic carbocycles. The van der Waals surface area contributed by atoms with Crippen LogP contribution in [0.5, 0.6) is 0 Å². The van der Waals surface area contributed by atoms with Crippen LogP contribution >= 0.6 is 0 Å². The summed E-state index contributed by atoms with van der Waals surface area (Å²) in [5.41, 5.74) is 5.92. The summed E-state index contributed by atoms with van der Waals surface area (Å²) in [6.07, 6.45) is 0. The first-order valence-electron chi connectivity index (χ1n) is 5.04. The van der Waals surface area contributed by atoms with Crippen LogP contribution in [0.1, 0.15) is 17.4 Å². The number of nitrogens with two attached hydrogens (primary N) is 1. The van der Waals surface area contributed by atoms with Gasteiger partial charge in [0.25, 0.3) is 0 Å². The lowest BCUT2D eigenvalue weighted by molar-refractivity contribution is 0.0522. The number of rotatable bonds is 2. The molecular formula is C12H12N2O2. The number of hydrogen-bond donors (Lipinski definition) is 1. The zero-order chi connectivity index (χ0) is 11.5. The molecule has 4 heteroatoms. The first kappa shape index (κ1) is 10.4. The zero-order valence-corrected chi connectivity index (χ0v) is 8.93. The van der Waals surface area contributed by atoms with Gasteiger partial charge < -0.3 is 10.5 Å². The molecule has 0 amide bonds. The van der Waals surface area contributed by atoms with E-state index in [4.69, 9.17) is 10.5 Å². The summed E-state index contributed by atoms with van der Waals surface area (Å²) < 4.78 is 4.93. The van der Waals surface area contributed by atoms with Crippen molar-refractivity contribution >= 4 is 22.6 Å². The van der Waals surface area contributed by atoms with Gasteiger partial charge in [-0.2, -0.15) is 0 Å². The lowest BCUT2D eigenvalue weighted by Gasteiger charge is -2.06. The first-order chi connectivity index (χ1) is 7.72. The van der Waals surface area contributed by atoms with Crippen molar-refractivity contribution in [1.29, 1.82) is 0 Å². The van der Waals surface area contributed by atoms with Crippen LogP contribution in [0.2, 0.25) is 0 Å². The molecule has 4 nitrogen and oxygen atoms in total. The summed E-state index contributed by atoms with van der Waals surface area (Å²) in [5, 5.41) is 1.65. The van der Waals surface area contributed by atoms with Crippen LogP contribution in [0.4, 0.5) is 5.82 Å². The van der Waals surface area contributed by atoms with Crippen molar-refractivity contribution in [3.05, 3.63) is 36.0 Å². The molecule has 0 radical (unpaired) electrons. The van der Waals surface area contributed by atoms with E-state index in [-0.39, 0.29) is 5.69 Å². The fourth-order valence-corrected chi connectivity index (χ4v) is 1.57. The fraction of sp³-hybridized carbons (Fsp3) is 0.167. The third-order valence-electron chi connectivity index (χ3n) is 2.23. The summed E-state index contributed by atoms with van der Waals surface area (Å²) in [6, 6.07) is 9.18. The molecule has 0 atom stereocenters. The highest BCUT2D eigenvalue weighted by Crippen LogP contribution is 2.20. The summed E-state index contributed by atoms with van der Waals surface area (Å²) in [4.78, 5) is 15.7. The van der Waals surface area contributed by atoms with Gasteiger partial charge >= 0.3 is 5.97 Å². The SMILES string of the molecule is CCOC(=O)c1nc(N)cc2ccccc12. The van der Waals surface area contributed by atoms with E-state index in [1.165, 1.54) is 0 Å². The third kappa shape index (κ3) is 1.82. The normalized spacial score (nSPS) is 10.3. The van der Waals surface area contributed by atoms with Gasteiger partial charge in [0.2, 0.25) is 0 Å². The Balaban J connectivity index is 2.63. The molecule has 1 heterocycles. The number of carbonyl (C=O) groups is 1. The topological polar surface area (TPSA) is 65.2 Å². The smallest absolute Gasteiger partial charge is 0.357 e. The van der Waals surface area contributed by atoms with Crippen LogP contribution in [-0.2, 0) is 4.74 Å². The Morgan fingerprint density at radius 2 is 2.19 bits per heavy atom. The zero-order valence-electron chi connectivity index (χ0n) is 8.93. The molecule has 2 rings (SSSR count). The maximum Gasteiger partial charge on any atom is 0.357 e. The molecule has 2 aromatic rings. The van der Waals surface area contributed by atoms with Gasteiger partial charge in [0.1, 0.15) is 5.82 Å². The molecule has 0 saturated carbocycles. The average Bonchev–Trinajstić information content (AvgIpc) is 2.28. The van der Waals surface area contributed by atoms with Crippen molar-refractivity contribution in [1.82, 2.24) is 4.98 Å². The molecule has 0 aliphatic carbocycles. The molecular weight excluding hydrogens is 204 g/mol. The summed E-state index contributed by atoms with van der Waals surface area (Å²) in [5.74, 6) is -0.118. The van der Waals surface area contributed by atoms with Crippen molar-refractivity contribution in [2.24, 2.45) is 0 Å². The molecule has 0 unspecified atom stereocenters. The van der Waals surface area contributed by atoms with Gasteiger partial charge in [0, 0.05) is 5.39 Å². The minimum absolute atomic E-state index is 0.275. The molecule has 0 fully saturated rings. The predicted octanol–water partition coefficient (Wildman–Crippen LogP) is 1.99. The van der Waals surface area contributed by atoms with Gasteiger partial charge in [-0.05, 0) is 18.4 Å². The lowest BCUT2D eigenvalue weighted by atomic mass is 10.1. The number of aromatic nitrogens is 1. The standard InChI is InChI=1S/C12H12N2O2/c1-2-16-12(15)11-9-6-4-3-5-8(9)7-10(13)14-11/h3-7H,2H2,1H3,(H2,13,14). The minimum Gasteiger partial charge on any atom is -0.461 e. The number of ether oxygens (including phenoxy) is 1. The van der Waals surface area contributed by atoms with Crippen LogP contribution in [0.3, 0.4) is 0 Å². The van der Waals surface area contributed by atoms with E-state index in [1.807, 2.05) is 24.3 Å². The van der Waals surface area contributed by atoms with Crippen molar-refractivity contribution in [2.45, 2.75) is 6.92 Å². The number of pyridine rings is 1. The van der Waals surface area contributed by atoms with E-state index in [9.17, 15) is 4.79 Å². The van der Waals surface area contributed by atoms with E-state index in [0.717, 1.165) is 10.8 Å². The number of hydrogen-bond acceptors (Lipinski definition) is 4. The van der Waals surface area contributed by atoms with Gasteiger partial charge in [-0.1, -0.05) is 24.3 Å². The number of nitrogens with zero attached hydrogens (tertiary/aromatic N) is 1. The molecule has 0 spiro atoms. The van der Waals surface area contributed by atoms with E-state index >= 15 is 0 Å². The highest BCUT2D eigenvalue weighted by atomic mass is 16.5. The van der Waals surface area contributed by atoms with Gasteiger partial charge in [-0.15, -0.1) is 0 Å². The van der Waals surface area contributed by atoms with Crippen LogP contribution in [-0.4, -0.2) is 17.6 Å². The predicted molar refractivity (Wildman–Crippen MR) is 62.1 cm³/mol. The van der Waals surface area contributed by atoms with Crippen molar-refractivity contribution < 1.29 is 9.53 Å². The van der Waals surface area contributed by atoms with Crippen molar-refractivity contribution in [3.8, 4) is 0 Å². The lowest BCUT2D eigenvalue weighted by Crippen LogP contribution is -2.09. The van der Waals surface area contributed by atoms with E-state index in [0.29, 0.717) is 12.4 Å². The minimum atomic E-state index is -0.439. The van der Waals surface area contributed by atoms with E-state index in [2.05, 4.69) is 4.98 Å².